The van der Waals surface area contributed by atoms with Crippen molar-refractivity contribution in [1.82, 2.24) is 0 Å². The molecule has 0 radical (unpaired) electrons. The maximum absolute atomic E-state index is 9.31. The smallest absolute Gasteiger partial charge is 0.0776 e. The third kappa shape index (κ3) is 3.08. The highest BCUT2D eigenvalue weighted by Gasteiger charge is 2.12. The molecule has 2 N–H and O–H groups in total. The number of aryl methyl sites for hydroxylation is 1. The fourth-order valence-corrected chi connectivity index (χ4v) is 2.46. The molecule has 0 amide bonds. The molecule has 1 rings (SSSR count). The molecule has 0 aromatic carbocycles. The van der Waals surface area contributed by atoms with Crippen molar-refractivity contribution in [2.75, 3.05) is 6.61 Å². The number of thiophene rings is 1. The summed E-state index contributed by atoms with van der Waals surface area (Å²) in [6.07, 6.45) is 1.12. The summed E-state index contributed by atoms with van der Waals surface area (Å²) in [4.78, 5) is 2.68. The number of hydrogen-bond donors (Lipinski definition) is 2. The maximum atomic E-state index is 9.31. The highest BCUT2D eigenvalue weighted by Crippen LogP contribution is 2.28. The van der Waals surface area contributed by atoms with E-state index in [9.17, 15) is 5.11 Å². The molecule has 0 saturated heterocycles. The quantitative estimate of drug-likeness (QED) is 0.788. The van der Waals surface area contributed by atoms with Gasteiger partial charge in [0.25, 0.3) is 0 Å². The third-order valence-corrected chi connectivity index (χ3v) is 3.81. The number of aliphatic hydroxyl groups excluding tert-OH is 2. The van der Waals surface area contributed by atoms with Crippen molar-refractivity contribution in [2.45, 2.75) is 38.7 Å². The van der Waals surface area contributed by atoms with Gasteiger partial charge >= 0.3 is 0 Å². The summed E-state index contributed by atoms with van der Waals surface area (Å²) in [5.74, 6) is 0.336. The van der Waals surface area contributed by atoms with Gasteiger partial charge in [-0.1, -0.05) is 13.8 Å². The van der Waals surface area contributed by atoms with Crippen LogP contribution in [0.4, 0.5) is 0 Å². The van der Waals surface area contributed by atoms with Gasteiger partial charge in [0.05, 0.1) is 12.7 Å². The molecule has 2 nitrogen and oxygen atoms in total. The Hall–Kier alpha value is -0.380. The van der Waals surface area contributed by atoms with E-state index in [1.54, 1.807) is 11.3 Å². The lowest BCUT2D eigenvalue weighted by atomic mass is 10.0. The Kier molecular flexibility index (Phi) is 4.58. The second-order valence-corrected chi connectivity index (χ2v) is 4.83. The average Bonchev–Trinajstić information content (AvgIpc) is 2.65. The monoisotopic (exact) mass is 214 g/mol. The highest BCUT2D eigenvalue weighted by atomic mass is 32.1. The topological polar surface area (TPSA) is 40.5 Å². The summed E-state index contributed by atoms with van der Waals surface area (Å²) >= 11 is 1.80. The van der Waals surface area contributed by atoms with Gasteiger partial charge in [0.1, 0.15) is 0 Å². The molecule has 2 atom stereocenters. The first-order valence-electron chi connectivity index (χ1n) is 5.04. The summed E-state index contributed by atoms with van der Waals surface area (Å²) in [6, 6.07) is 4.26. The van der Waals surface area contributed by atoms with Crippen LogP contribution < -0.4 is 0 Å². The van der Waals surface area contributed by atoms with Crippen LogP contribution in [-0.2, 0) is 6.42 Å². The minimum atomic E-state index is -0.586. The Morgan fingerprint density at radius 2 is 2.14 bits per heavy atom. The summed E-state index contributed by atoms with van der Waals surface area (Å²) in [6.45, 7) is 4.09. The molecule has 80 valence electrons. The Morgan fingerprint density at radius 3 is 2.64 bits per heavy atom. The molecule has 0 saturated carbocycles. The molecule has 0 aliphatic heterocycles. The van der Waals surface area contributed by atoms with E-state index in [0.29, 0.717) is 12.3 Å². The minimum absolute atomic E-state index is 0.143. The second-order valence-electron chi connectivity index (χ2n) is 3.63. The molecule has 1 aromatic heterocycles. The largest absolute Gasteiger partial charge is 0.394 e. The van der Waals surface area contributed by atoms with Gasteiger partial charge in [-0.05, 0) is 30.9 Å². The van der Waals surface area contributed by atoms with Crippen molar-refractivity contribution in [3.8, 4) is 0 Å². The van der Waals surface area contributed by atoms with Gasteiger partial charge in [0.15, 0.2) is 0 Å². The van der Waals surface area contributed by atoms with Crippen LogP contribution in [-0.4, -0.2) is 22.9 Å². The fraction of sp³-hybridized carbons (Fsp3) is 0.636. The number of aliphatic hydroxyl groups is 2. The predicted octanol–water partition coefficient (Wildman–Crippen LogP) is 2.16. The summed E-state index contributed by atoms with van der Waals surface area (Å²) in [7, 11) is 0. The minimum Gasteiger partial charge on any atom is -0.394 e. The molecule has 3 heteroatoms. The van der Waals surface area contributed by atoms with E-state index in [0.717, 1.165) is 6.42 Å². The van der Waals surface area contributed by atoms with Crippen LogP contribution in [0.2, 0.25) is 0 Å². The summed E-state index contributed by atoms with van der Waals surface area (Å²) in [5, 5.41) is 18.0. The Bertz CT molecular complexity index is 270. The summed E-state index contributed by atoms with van der Waals surface area (Å²) < 4.78 is 0. The second kappa shape index (κ2) is 5.49. The van der Waals surface area contributed by atoms with Crippen molar-refractivity contribution >= 4 is 11.3 Å². The van der Waals surface area contributed by atoms with Crippen LogP contribution in [0.25, 0.3) is 0 Å². The highest BCUT2D eigenvalue weighted by molar-refractivity contribution is 7.12. The van der Waals surface area contributed by atoms with Crippen LogP contribution >= 0.6 is 11.3 Å². The van der Waals surface area contributed by atoms with Gasteiger partial charge in [-0.2, -0.15) is 0 Å². The van der Waals surface area contributed by atoms with E-state index in [4.69, 9.17) is 5.11 Å². The first kappa shape index (κ1) is 11.7. The van der Waals surface area contributed by atoms with E-state index >= 15 is 0 Å². The first-order valence-corrected chi connectivity index (χ1v) is 5.86. The zero-order chi connectivity index (χ0) is 10.6. The molecule has 14 heavy (non-hydrogen) atoms. The van der Waals surface area contributed by atoms with Crippen molar-refractivity contribution in [1.29, 1.82) is 0 Å². The Labute approximate surface area is 89.2 Å². The van der Waals surface area contributed by atoms with Crippen LogP contribution in [0.3, 0.4) is 0 Å². The van der Waals surface area contributed by atoms with Crippen LogP contribution in [0.5, 0.6) is 0 Å². The third-order valence-electron chi connectivity index (χ3n) is 2.35. The Morgan fingerprint density at radius 1 is 1.43 bits per heavy atom. The molecule has 2 unspecified atom stereocenters. The normalized spacial score (nSPS) is 15.4. The van der Waals surface area contributed by atoms with Crippen molar-refractivity contribution in [2.24, 2.45) is 0 Å². The Balaban J connectivity index is 2.55. The molecule has 0 bridgehead atoms. The van der Waals surface area contributed by atoms with E-state index in [1.807, 2.05) is 0 Å². The lowest BCUT2D eigenvalue weighted by Gasteiger charge is -2.12. The van der Waals surface area contributed by atoms with Crippen molar-refractivity contribution in [3.63, 3.8) is 0 Å². The molecule has 0 spiro atoms. The number of rotatable bonds is 5. The molecular formula is C11H18O2S. The zero-order valence-corrected chi connectivity index (χ0v) is 9.55. The van der Waals surface area contributed by atoms with Gasteiger partial charge in [0.2, 0.25) is 0 Å². The molecule has 0 fully saturated rings. The van der Waals surface area contributed by atoms with Crippen molar-refractivity contribution in [3.05, 3.63) is 21.9 Å². The van der Waals surface area contributed by atoms with Gasteiger partial charge in [-0.15, -0.1) is 11.3 Å². The van der Waals surface area contributed by atoms with E-state index < -0.39 is 6.10 Å². The van der Waals surface area contributed by atoms with Crippen LogP contribution in [0.15, 0.2) is 12.1 Å². The molecule has 0 aliphatic carbocycles. The zero-order valence-electron chi connectivity index (χ0n) is 8.73. The SMILES string of the molecule is CCc1ccc(C(C)CC(O)CO)s1. The fourth-order valence-electron chi connectivity index (χ4n) is 1.45. The lowest BCUT2D eigenvalue weighted by Crippen LogP contribution is -2.14. The number of hydrogen-bond acceptors (Lipinski definition) is 3. The first-order chi connectivity index (χ1) is 6.67. The average molecular weight is 214 g/mol. The predicted molar refractivity (Wildman–Crippen MR) is 59.8 cm³/mol. The van der Waals surface area contributed by atoms with E-state index in [-0.39, 0.29) is 6.61 Å². The molecule has 1 heterocycles. The van der Waals surface area contributed by atoms with Crippen molar-refractivity contribution < 1.29 is 10.2 Å². The molecule has 1 aromatic rings. The lowest BCUT2D eigenvalue weighted by molar-refractivity contribution is 0.0838. The van der Waals surface area contributed by atoms with Gasteiger partial charge in [-0.25, -0.2) is 0 Å². The van der Waals surface area contributed by atoms with Crippen LogP contribution in [0.1, 0.15) is 35.9 Å². The van der Waals surface area contributed by atoms with Crippen LogP contribution in [0, 0.1) is 0 Å². The molecular weight excluding hydrogens is 196 g/mol. The van der Waals surface area contributed by atoms with Gasteiger partial charge < -0.3 is 10.2 Å². The van der Waals surface area contributed by atoms with E-state index in [1.165, 1.54) is 9.75 Å². The maximum Gasteiger partial charge on any atom is 0.0776 e. The van der Waals surface area contributed by atoms with Gasteiger partial charge in [-0.3, -0.25) is 0 Å². The van der Waals surface area contributed by atoms with Gasteiger partial charge in [0, 0.05) is 9.75 Å². The van der Waals surface area contributed by atoms with E-state index in [2.05, 4.69) is 26.0 Å². The summed E-state index contributed by atoms with van der Waals surface area (Å²) in [5.41, 5.74) is 0. The standard InChI is InChI=1S/C11H18O2S/c1-3-10-4-5-11(14-10)8(2)6-9(13)7-12/h4-5,8-9,12-13H,3,6-7H2,1-2H3. The molecule has 0 aliphatic rings.